The van der Waals surface area contributed by atoms with E-state index in [4.69, 9.17) is 0 Å². The highest BCUT2D eigenvalue weighted by molar-refractivity contribution is 7.09. The largest absolute Gasteiger partial charge is 0.388 e. The minimum atomic E-state index is -0.620. The maximum Gasteiger partial charge on any atom is 0.202 e. The molecule has 1 aromatic rings. The predicted octanol–water partition coefficient (Wildman–Crippen LogP) is 2.38. The van der Waals surface area contributed by atoms with E-state index in [1.807, 2.05) is 13.8 Å². The Morgan fingerprint density at radius 2 is 2.12 bits per heavy atom. The van der Waals surface area contributed by atoms with Crippen molar-refractivity contribution in [2.24, 2.45) is 0 Å². The minimum absolute atomic E-state index is 0.555. The van der Waals surface area contributed by atoms with Gasteiger partial charge in [0.2, 0.25) is 5.13 Å². The van der Waals surface area contributed by atoms with E-state index in [0.717, 1.165) is 23.8 Å². The molecule has 2 rings (SSSR count). The van der Waals surface area contributed by atoms with Crippen LogP contribution in [-0.4, -0.2) is 26.6 Å². The maximum atomic E-state index is 10.1. The lowest BCUT2D eigenvalue weighted by atomic mass is 9.98. The molecule has 16 heavy (non-hydrogen) atoms. The second-order valence-corrected chi connectivity index (χ2v) is 5.27. The molecule has 90 valence electrons. The van der Waals surface area contributed by atoms with Crippen LogP contribution in [0.1, 0.15) is 51.3 Å². The Morgan fingerprint density at radius 1 is 1.44 bits per heavy atom. The number of nitrogens with one attached hydrogen (secondary N) is 1. The van der Waals surface area contributed by atoms with E-state index in [1.54, 1.807) is 0 Å². The summed E-state index contributed by atoms with van der Waals surface area (Å²) in [6, 6.07) is 0. The number of anilines is 1. The summed E-state index contributed by atoms with van der Waals surface area (Å²) < 4.78 is 4.32. The topological polar surface area (TPSA) is 58.0 Å². The lowest BCUT2D eigenvalue weighted by Gasteiger charge is -2.24. The lowest BCUT2D eigenvalue weighted by molar-refractivity contribution is 0.0457. The quantitative estimate of drug-likeness (QED) is 0.803. The molecule has 0 atom stereocenters. The van der Waals surface area contributed by atoms with Crippen LogP contribution in [0.4, 0.5) is 5.13 Å². The molecule has 1 heterocycles. The molecule has 0 aromatic carbocycles. The highest BCUT2D eigenvalue weighted by Gasteiger charge is 2.28. The first kappa shape index (κ1) is 11.8. The number of aromatic nitrogens is 2. The molecule has 0 unspecified atom stereocenters. The first-order valence-corrected chi connectivity index (χ1v) is 6.74. The second kappa shape index (κ2) is 4.67. The highest BCUT2D eigenvalue weighted by atomic mass is 32.1. The fourth-order valence-corrected chi connectivity index (χ4v) is 2.20. The van der Waals surface area contributed by atoms with Gasteiger partial charge in [0.25, 0.3) is 0 Å². The van der Waals surface area contributed by atoms with Crippen molar-refractivity contribution in [2.75, 3.05) is 11.9 Å². The summed E-state index contributed by atoms with van der Waals surface area (Å²) in [6.45, 7) is 4.56. The van der Waals surface area contributed by atoms with Crippen molar-refractivity contribution in [2.45, 2.75) is 51.0 Å². The van der Waals surface area contributed by atoms with Gasteiger partial charge in [-0.25, -0.2) is 4.98 Å². The van der Waals surface area contributed by atoms with E-state index >= 15 is 0 Å². The Balaban J connectivity index is 1.88. The minimum Gasteiger partial charge on any atom is -0.388 e. The molecule has 0 amide bonds. The molecular weight excluding hydrogens is 222 g/mol. The second-order valence-electron chi connectivity index (χ2n) is 4.52. The Labute approximate surface area is 100 Å². The van der Waals surface area contributed by atoms with Crippen LogP contribution in [0, 0.1) is 0 Å². The summed E-state index contributed by atoms with van der Waals surface area (Å²) >= 11 is 1.40. The Bertz CT molecular complexity index is 345. The van der Waals surface area contributed by atoms with Crippen molar-refractivity contribution in [3.05, 3.63) is 5.82 Å². The molecule has 0 spiro atoms. The van der Waals surface area contributed by atoms with Crippen LogP contribution in [0.5, 0.6) is 0 Å². The van der Waals surface area contributed by atoms with Crippen LogP contribution in [0.25, 0.3) is 0 Å². The van der Waals surface area contributed by atoms with E-state index in [-0.39, 0.29) is 0 Å². The molecule has 1 aliphatic carbocycles. The van der Waals surface area contributed by atoms with Crippen LogP contribution < -0.4 is 5.32 Å². The van der Waals surface area contributed by atoms with Gasteiger partial charge in [-0.3, -0.25) is 0 Å². The highest BCUT2D eigenvalue weighted by Crippen LogP contribution is 2.39. The number of aliphatic hydroxyl groups is 1. The third kappa shape index (κ3) is 2.71. The van der Waals surface area contributed by atoms with Gasteiger partial charge < -0.3 is 10.4 Å². The summed E-state index contributed by atoms with van der Waals surface area (Å²) in [4.78, 5) is 4.43. The van der Waals surface area contributed by atoms with Crippen LogP contribution in [0.2, 0.25) is 0 Å². The van der Waals surface area contributed by atoms with Gasteiger partial charge in [0.05, 0.1) is 5.60 Å². The van der Waals surface area contributed by atoms with Gasteiger partial charge in [-0.1, -0.05) is 13.8 Å². The predicted molar refractivity (Wildman–Crippen MR) is 65.9 cm³/mol. The smallest absolute Gasteiger partial charge is 0.202 e. The van der Waals surface area contributed by atoms with E-state index in [1.165, 1.54) is 24.4 Å². The fourth-order valence-electron chi connectivity index (χ4n) is 1.55. The van der Waals surface area contributed by atoms with Crippen molar-refractivity contribution < 1.29 is 5.11 Å². The molecular formula is C11H19N3OS. The Kier molecular flexibility index (Phi) is 3.44. The molecule has 5 heteroatoms. The standard InChI is InChI=1S/C11H19N3OS/c1-3-11(15,4-2)7-12-10-13-9(14-16-10)8-5-6-8/h8,15H,3-7H2,1-2H3,(H,12,13,14). The number of nitrogens with zero attached hydrogens (tertiary/aromatic N) is 2. The number of rotatable bonds is 6. The first-order chi connectivity index (χ1) is 7.67. The van der Waals surface area contributed by atoms with Gasteiger partial charge in [-0.15, -0.1) is 0 Å². The summed E-state index contributed by atoms with van der Waals surface area (Å²) in [5.74, 6) is 1.58. The third-order valence-corrected chi connectivity index (χ3v) is 3.96. The van der Waals surface area contributed by atoms with E-state index in [2.05, 4.69) is 14.7 Å². The van der Waals surface area contributed by atoms with Crippen molar-refractivity contribution in [3.8, 4) is 0 Å². The van der Waals surface area contributed by atoms with Gasteiger partial charge in [0.15, 0.2) is 0 Å². The number of hydrogen-bond donors (Lipinski definition) is 2. The summed E-state index contributed by atoms with van der Waals surface area (Å²) in [5, 5.41) is 14.1. The average molecular weight is 241 g/mol. The number of hydrogen-bond acceptors (Lipinski definition) is 5. The molecule has 1 aromatic heterocycles. The molecule has 1 fully saturated rings. The maximum absolute atomic E-state index is 10.1. The van der Waals surface area contributed by atoms with Gasteiger partial charge >= 0.3 is 0 Å². The summed E-state index contributed by atoms with van der Waals surface area (Å²) in [7, 11) is 0. The van der Waals surface area contributed by atoms with Gasteiger partial charge in [0.1, 0.15) is 5.82 Å². The van der Waals surface area contributed by atoms with Crippen LogP contribution >= 0.6 is 11.5 Å². The van der Waals surface area contributed by atoms with Crippen LogP contribution in [0.3, 0.4) is 0 Å². The molecule has 1 saturated carbocycles. The molecule has 4 nitrogen and oxygen atoms in total. The fraction of sp³-hybridized carbons (Fsp3) is 0.818. The van der Waals surface area contributed by atoms with Crippen LogP contribution in [0.15, 0.2) is 0 Å². The molecule has 0 bridgehead atoms. The normalized spacial score (nSPS) is 16.4. The Morgan fingerprint density at radius 3 is 2.69 bits per heavy atom. The molecule has 2 N–H and O–H groups in total. The average Bonchev–Trinajstić information content (AvgIpc) is 3.06. The monoisotopic (exact) mass is 241 g/mol. The van der Waals surface area contributed by atoms with Gasteiger partial charge in [0, 0.05) is 24.0 Å². The SMILES string of the molecule is CCC(O)(CC)CNc1nc(C2CC2)ns1. The van der Waals surface area contributed by atoms with Crippen LogP contribution in [-0.2, 0) is 0 Å². The zero-order valence-electron chi connectivity index (χ0n) is 9.86. The van der Waals surface area contributed by atoms with Crippen molar-refractivity contribution in [3.63, 3.8) is 0 Å². The van der Waals surface area contributed by atoms with Crippen molar-refractivity contribution in [1.82, 2.24) is 9.36 Å². The molecule has 1 aliphatic rings. The molecule has 0 saturated heterocycles. The van der Waals surface area contributed by atoms with E-state index in [9.17, 15) is 5.11 Å². The van der Waals surface area contributed by atoms with Crippen molar-refractivity contribution >= 4 is 16.7 Å². The molecule has 0 aliphatic heterocycles. The van der Waals surface area contributed by atoms with Gasteiger partial charge in [-0.05, 0) is 25.7 Å². The van der Waals surface area contributed by atoms with Gasteiger partial charge in [-0.2, -0.15) is 4.37 Å². The van der Waals surface area contributed by atoms with E-state index in [0.29, 0.717) is 12.5 Å². The summed E-state index contributed by atoms with van der Waals surface area (Å²) in [5.41, 5.74) is -0.620. The van der Waals surface area contributed by atoms with Crippen molar-refractivity contribution in [1.29, 1.82) is 0 Å². The molecule has 0 radical (unpaired) electrons. The summed E-state index contributed by atoms with van der Waals surface area (Å²) in [6.07, 6.45) is 3.96. The Hall–Kier alpha value is -0.680. The zero-order chi connectivity index (χ0) is 11.6. The zero-order valence-corrected chi connectivity index (χ0v) is 10.7. The van der Waals surface area contributed by atoms with E-state index < -0.39 is 5.60 Å². The lowest BCUT2D eigenvalue weighted by Crippen LogP contribution is -2.35. The first-order valence-electron chi connectivity index (χ1n) is 5.96. The third-order valence-electron chi connectivity index (χ3n) is 3.27.